The Hall–Kier alpha value is -2.58. The predicted octanol–water partition coefficient (Wildman–Crippen LogP) is 2.07. The molecule has 0 radical (unpaired) electrons. The maximum atomic E-state index is 6.05. The third kappa shape index (κ3) is 3.27. The molecule has 0 unspecified atom stereocenters. The van der Waals surface area contributed by atoms with E-state index in [-0.39, 0.29) is 0 Å². The number of nitrogen functional groups attached to an aromatic ring is 3. The molecule has 0 atom stereocenters. The van der Waals surface area contributed by atoms with Gasteiger partial charge < -0.3 is 16.9 Å². The van der Waals surface area contributed by atoms with E-state index in [9.17, 15) is 0 Å². The number of rotatable bonds is 4. The van der Waals surface area contributed by atoms with Gasteiger partial charge in [0.25, 0.3) is 0 Å². The molecule has 0 saturated carbocycles. The Labute approximate surface area is 141 Å². The molecular formula is C15H16BrN7. The lowest BCUT2D eigenvalue weighted by atomic mass is 10.1. The second-order valence-corrected chi connectivity index (χ2v) is 5.98. The fraction of sp³-hybridized carbons (Fsp3) is 0.0667. The van der Waals surface area contributed by atoms with E-state index in [2.05, 4.69) is 31.4 Å². The summed E-state index contributed by atoms with van der Waals surface area (Å²) in [5.41, 5.74) is 17.6. The van der Waals surface area contributed by atoms with Crippen molar-refractivity contribution in [1.82, 2.24) is 14.8 Å². The van der Waals surface area contributed by atoms with Crippen molar-refractivity contribution < 1.29 is 0 Å². The van der Waals surface area contributed by atoms with Gasteiger partial charge in [0, 0.05) is 17.1 Å². The first-order valence-corrected chi connectivity index (χ1v) is 7.67. The van der Waals surface area contributed by atoms with Crippen LogP contribution in [-0.2, 0) is 6.42 Å². The standard InChI is InChI=1S/C15H16BrN7/c16-11-2-1-3-12(6-11)23-8-9(7-20-23)4-10-5-13(17)21-15(22-19)14(10)18/h1-3,5-8H,4,18-19H2,(H3,17,21,22). The van der Waals surface area contributed by atoms with Crippen LogP contribution in [0.3, 0.4) is 0 Å². The van der Waals surface area contributed by atoms with Crippen LogP contribution >= 0.6 is 15.9 Å². The molecule has 3 aromatic rings. The highest BCUT2D eigenvalue weighted by atomic mass is 79.9. The molecule has 7 N–H and O–H groups in total. The summed E-state index contributed by atoms with van der Waals surface area (Å²) >= 11 is 3.46. The second-order valence-electron chi connectivity index (χ2n) is 5.06. The SMILES string of the molecule is NNc1nc(N)cc(Cc2cnn(-c3cccc(Br)c3)c2)c1N. The highest BCUT2D eigenvalue weighted by Gasteiger charge is 2.10. The molecule has 0 amide bonds. The van der Waals surface area contributed by atoms with Crippen LogP contribution < -0.4 is 22.7 Å². The average Bonchev–Trinajstić information content (AvgIpc) is 2.99. The molecule has 0 aliphatic rings. The maximum Gasteiger partial charge on any atom is 0.165 e. The Morgan fingerprint density at radius 3 is 2.78 bits per heavy atom. The zero-order chi connectivity index (χ0) is 16.4. The third-order valence-electron chi connectivity index (χ3n) is 3.40. The molecule has 7 nitrogen and oxygen atoms in total. The van der Waals surface area contributed by atoms with Crippen molar-refractivity contribution in [2.45, 2.75) is 6.42 Å². The van der Waals surface area contributed by atoms with E-state index in [4.69, 9.17) is 17.3 Å². The lowest BCUT2D eigenvalue weighted by molar-refractivity contribution is 0.879. The Balaban J connectivity index is 1.89. The largest absolute Gasteiger partial charge is 0.395 e. The fourth-order valence-electron chi connectivity index (χ4n) is 2.32. The number of nitrogens with two attached hydrogens (primary N) is 3. The minimum absolute atomic E-state index is 0.363. The van der Waals surface area contributed by atoms with Gasteiger partial charge in [-0.1, -0.05) is 22.0 Å². The summed E-state index contributed by atoms with van der Waals surface area (Å²) in [6, 6.07) is 9.65. The minimum Gasteiger partial charge on any atom is -0.395 e. The molecule has 23 heavy (non-hydrogen) atoms. The van der Waals surface area contributed by atoms with Crippen molar-refractivity contribution in [3.05, 3.63) is 58.3 Å². The number of anilines is 3. The molecule has 0 fully saturated rings. The summed E-state index contributed by atoms with van der Waals surface area (Å²) in [6.07, 6.45) is 4.33. The van der Waals surface area contributed by atoms with Gasteiger partial charge in [0.15, 0.2) is 5.82 Å². The number of halogens is 1. The van der Waals surface area contributed by atoms with Crippen LogP contribution in [0.2, 0.25) is 0 Å². The molecule has 2 heterocycles. The van der Waals surface area contributed by atoms with Crippen molar-refractivity contribution in [2.24, 2.45) is 5.84 Å². The number of benzene rings is 1. The predicted molar refractivity (Wildman–Crippen MR) is 94.9 cm³/mol. The molecule has 0 aliphatic carbocycles. The van der Waals surface area contributed by atoms with E-state index in [1.165, 1.54) is 0 Å². The molecule has 1 aromatic carbocycles. The van der Waals surface area contributed by atoms with Crippen LogP contribution in [0.5, 0.6) is 0 Å². The van der Waals surface area contributed by atoms with Gasteiger partial charge in [-0.05, 0) is 35.4 Å². The lowest BCUT2D eigenvalue weighted by Crippen LogP contribution is -2.13. The molecule has 2 aromatic heterocycles. The van der Waals surface area contributed by atoms with E-state index in [1.807, 2.05) is 35.1 Å². The highest BCUT2D eigenvalue weighted by molar-refractivity contribution is 9.10. The number of pyridine rings is 1. The van der Waals surface area contributed by atoms with Crippen LogP contribution in [0, 0.1) is 0 Å². The van der Waals surface area contributed by atoms with Gasteiger partial charge in [0.1, 0.15) is 5.82 Å². The average molecular weight is 374 g/mol. The molecule has 0 spiro atoms. The smallest absolute Gasteiger partial charge is 0.165 e. The van der Waals surface area contributed by atoms with E-state index in [0.717, 1.165) is 21.3 Å². The first-order chi connectivity index (χ1) is 11.1. The van der Waals surface area contributed by atoms with Gasteiger partial charge in [-0.15, -0.1) is 0 Å². The topological polar surface area (TPSA) is 121 Å². The second kappa shape index (κ2) is 6.27. The highest BCUT2D eigenvalue weighted by Crippen LogP contribution is 2.25. The normalized spacial score (nSPS) is 10.7. The van der Waals surface area contributed by atoms with E-state index >= 15 is 0 Å². The van der Waals surface area contributed by atoms with Gasteiger partial charge in [-0.3, -0.25) is 0 Å². The van der Waals surface area contributed by atoms with E-state index < -0.39 is 0 Å². The number of hydrogen-bond donors (Lipinski definition) is 4. The maximum absolute atomic E-state index is 6.05. The Kier molecular flexibility index (Phi) is 4.18. The minimum atomic E-state index is 0.363. The zero-order valence-electron chi connectivity index (χ0n) is 12.2. The Bertz CT molecular complexity index is 844. The monoisotopic (exact) mass is 373 g/mol. The third-order valence-corrected chi connectivity index (χ3v) is 3.90. The summed E-state index contributed by atoms with van der Waals surface area (Å²) in [4.78, 5) is 4.05. The number of nitrogens with one attached hydrogen (secondary N) is 1. The van der Waals surface area contributed by atoms with E-state index in [0.29, 0.717) is 23.7 Å². The van der Waals surface area contributed by atoms with Crippen LogP contribution in [0.4, 0.5) is 17.3 Å². The first-order valence-electron chi connectivity index (χ1n) is 6.88. The summed E-state index contributed by atoms with van der Waals surface area (Å²) in [5, 5.41) is 4.39. The molecule has 118 valence electrons. The van der Waals surface area contributed by atoms with Crippen LogP contribution in [-0.4, -0.2) is 14.8 Å². The number of hydrazine groups is 1. The summed E-state index contributed by atoms with van der Waals surface area (Å²) in [7, 11) is 0. The summed E-state index contributed by atoms with van der Waals surface area (Å²) < 4.78 is 2.81. The number of aromatic nitrogens is 3. The van der Waals surface area contributed by atoms with Crippen molar-refractivity contribution in [3.63, 3.8) is 0 Å². The Morgan fingerprint density at radius 2 is 2.04 bits per heavy atom. The van der Waals surface area contributed by atoms with Crippen molar-refractivity contribution >= 4 is 33.3 Å². The van der Waals surface area contributed by atoms with Gasteiger partial charge >= 0.3 is 0 Å². The molecule has 0 aliphatic heterocycles. The molecular weight excluding hydrogens is 358 g/mol. The summed E-state index contributed by atoms with van der Waals surface area (Å²) in [6.45, 7) is 0. The van der Waals surface area contributed by atoms with Crippen LogP contribution in [0.1, 0.15) is 11.1 Å². The molecule has 3 rings (SSSR count). The zero-order valence-corrected chi connectivity index (χ0v) is 13.8. The van der Waals surface area contributed by atoms with Crippen molar-refractivity contribution in [2.75, 3.05) is 16.9 Å². The van der Waals surface area contributed by atoms with Crippen LogP contribution in [0.25, 0.3) is 5.69 Å². The lowest BCUT2D eigenvalue weighted by Gasteiger charge is -2.10. The van der Waals surface area contributed by atoms with Crippen molar-refractivity contribution in [1.29, 1.82) is 0 Å². The molecule has 0 bridgehead atoms. The quantitative estimate of drug-likeness (QED) is 0.410. The van der Waals surface area contributed by atoms with Crippen LogP contribution in [0.15, 0.2) is 47.2 Å². The first kappa shape index (κ1) is 15.3. The number of nitrogens with zero attached hydrogens (tertiary/aromatic N) is 3. The van der Waals surface area contributed by atoms with Gasteiger partial charge in [0.2, 0.25) is 0 Å². The Morgan fingerprint density at radius 1 is 1.22 bits per heavy atom. The fourth-order valence-corrected chi connectivity index (χ4v) is 2.70. The van der Waals surface area contributed by atoms with Crippen molar-refractivity contribution in [3.8, 4) is 5.69 Å². The van der Waals surface area contributed by atoms with Gasteiger partial charge in [0.05, 0.1) is 17.6 Å². The summed E-state index contributed by atoms with van der Waals surface area (Å²) in [5.74, 6) is 6.14. The van der Waals surface area contributed by atoms with Gasteiger partial charge in [-0.25, -0.2) is 15.5 Å². The molecule has 8 heteroatoms. The van der Waals surface area contributed by atoms with E-state index in [1.54, 1.807) is 12.3 Å². The number of hydrogen-bond acceptors (Lipinski definition) is 6. The molecule has 0 saturated heterocycles. The van der Waals surface area contributed by atoms with Gasteiger partial charge in [-0.2, -0.15) is 5.10 Å².